The molecule has 4 heteroatoms. The Kier molecular flexibility index (Phi) is 3.77. The number of para-hydroxylation sites is 1. The number of rotatable bonds is 2. The van der Waals surface area contributed by atoms with Crippen molar-refractivity contribution >= 4 is 27.3 Å². The Morgan fingerprint density at radius 2 is 1.56 bits per heavy atom. The molecule has 5 rings (SSSR count). The Hall–Kier alpha value is -2.72. The van der Waals surface area contributed by atoms with E-state index in [2.05, 4.69) is 47.2 Å². The van der Waals surface area contributed by atoms with Crippen molar-refractivity contribution in [2.45, 2.75) is 6.54 Å². The quantitative estimate of drug-likeness (QED) is 0.400. The molecule has 0 amide bonds. The van der Waals surface area contributed by atoms with Gasteiger partial charge < -0.3 is 17.0 Å². The summed E-state index contributed by atoms with van der Waals surface area (Å²) in [6, 6.07) is 24.2. The smallest absolute Gasteiger partial charge is 0.256 e. The Morgan fingerprint density at radius 1 is 0.800 bits per heavy atom. The van der Waals surface area contributed by atoms with Crippen molar-refractivity contribution in [1.82, 2.24) is 4.40 Å². The summed E-state index contributed by atoms with van der Waals surface area (Å²) in [5.74, 6) is 0. The lowest BCUT2D eigenvalue weighted by Crippen LogP contribution is -3.00. The fraction of sp³-hybridized carbons (Fsp3) is 0.0476. The number of halogens is 1. The molecule has 0 aliphatic carbocycles. The van der Waals surface area contributed by atoms with E-state index < -0.39 is 0 Å². The van der Waals surface area contributed by atoms with Crippen LogP contribution >= 0.6 is 0 Å². The summed E-state index contributed by atoms with van der Waals surface area (Å²) >= 11 is 0. The molecule has 25 heavy (non-hydrogen) atoms. The van der Waals surface area contributed by atoms with Crippen LogP contribution in [-0.2, 0) is 6.54 Å². The van der Waals surface area contributed by atoms with Gasteiger partial charge in [0.25, 0.3) is 5.56 Å². The van der Waals surface area contributed by atoms with Gasteiger partial charge in [-0.2, -0.15) is 4.57 Å². The van der Waals surface area contributed by atoms with Gasteiger partial charge in [-0.25, -0.2) is 0 Å². The van der Waals surface area contributed by atoms with Gasteiger partial charge in [-0.3, -0.25) is 9.20 Å². The van der Waals surface area contributed by atoms with Crippen LogP contribution in [0.25, 0.3) is 27.3 Å². The zero-order valence-corrected chi connectivity index (χ0v) is 15.0. The maximum absolute atomic E-state index is 12.5. The molecule has 2 aromatic carbocycles. The minimum absolute atomic E-state index is 0. The van der Waals surface area contributed by atoms with Gasteiger partial charge in [0.15, 0.2) is 12.7 Å². The number of pyridine rings is 2. The molecule has 0 saturated heterocycles. The molecular formula is C21H15BrN2O. The summed E-state index contributed by atoms with van der Waals surface area (Å²) in [6.45, 7) is 0.784. The van der Waals surface area contributed by atoms with E-state index in [0.717, 1.165) is 33.9 Å². The molecule has 0 bridgehead atoms. The van der Waals surface area contributed by atoms with Gasteiger partial charge in [0.05, 0.1) is 5.52 Å². The van der Waals surface area contributed by atoms with Crippen LogP contribution < -0.4 is 27.1 Å². The summed E-state index contributed by atoms with van der Waals surface area (Å²) in [4.78, 5) is 12.5. The molecule has 3 nitrogen and oxygen atoms in total. The predicted octanol–water partition coefficient (Wildman–Crippen LogP) is 0.383. The van der Waals surface area contributed by atoms with Crippen molar-refractivity contribution in [3.8, 4) is 0 Å². The average Bonchev–Trinajstić information content (AvgIpc) is 2.96. The summed E-state index contributed by atoms with van der Waals surface area (Å²) in [7, 11) is 0. The van der Waals surface area contributed by atoms with Crippen LogP contribution in [0.3, 0.4) is 0 Å². The lowest BCUT2D eigenvalue weighted by Gasteiger charge is -2.03. The third-order valence-corrected chi connectivity index (χ3v) is 4.69. The first-order chi connectivity index (χ1) is 11.8. The van der Waals surface area contributed by atoms with E-state index >= 15 is 0 Å². The van der Waals surface area contributed by atoms with E-state index in [4.69, 9.17) is 0 Å². The highest BCUT2D eigenvalue weighted by atomic mass is 79.9. The molecule has 0 aliphatic heterocycles. The normalized spacial score (nSPS) is 11.2. The van der Waals surface area contributed by atoms with E-state index in [1.165, 1.54) is 5.56 Å². The van der Waals surface area contributed by atoms with Crippen LogP contribution in [0.15, 0.2) is 83.8 Å². The summed E-state index contributed by atoms with van der Waals surface area (Å²) < 4.78 is 4.04. The van der Waals surface area contributed by atoms with E-state index in [1.807, 2.05) is 34.7 Å². The lowest BCUT2D eigenvalue weighted by atomic mass is 10.1. The molecule has 0 unspecified atom stereocenters. The van der Waals surface area contributed by atoms with Gasteiger partial charge in [0, 0.05) is 34.5 Å². The van der Waals surface area contributed by atoms with E-state index in [1.54, 1.807) is 6.07 Å². The zero-order valence-electron chi connectivity index (χ0n) is 13.4. The van der Waals surface area contributed by atoms with Crippen molar-refractivity contribution in [3.05, 3.63) is 94.9 Å². The minimum atomic E-state index is 0. The van der Waals surface area contributed by atoms with Crippen molar-refractivity contribution in [1.29, 1.82) is 0 Å². The average molecular weight is 391 g/mol. The van der Waals surface area contributed by atoms with E-state index in [-0.39, 0.29) is 22.5 Å². The molecule has 0 atom stereocenters. The van der Waals surface area contributed by atoms with Gasteiger partial charge in [-0.05, 0) is 6.07 Å². The molecule has 122 valence electrons. The van der Waals surface area contributed by atoms with Gasteiger partial charge in [0.1, 0.15) is 5.52 Å². The number of fused-ring (bicyclic) bond motifs is 3. The number of hydrogen-bond acceptors (Lipinski definition) is 1. The van der Waals surface area contributed by atoms with Crippen LogP contribution in [0.1, 0.15) is 5.56 Å². The number of aromatic nitrogens is 2. The van der Waals surface area contributed by atoms with Gasteiger partial charge in [0.2, 0.25) is 5.52 Å². The van der Waals surface area contributed by atoms with Crippen molar-refractivity contribution in [2.75, 3.05) is 0 Å². The van der Waals surface area contributed by atoms with Crippen LogP contribution in [0.4, 0.5) is 0 Å². The Morgan fingerprint density at radius 3 is 2.40 bits per heavy atom. The number of benzene rings is 2. The summed E-state index contributed by atoms with van der Waals surface area (Å²) in [5, 5.41) is 2.25. The first-order valence-electron chi connectivity index (χ1n) is 8.05. The Labute approximate surface area is 154 Å². The first-order valence-corrected chi connectivity index (χ1v) is 8.05. The molecule has 5 aromatic rings. The predicted molar refractivity (Wildman–Crippen MR) is 95.6 cm³/mol. The minimum Gasteiger partial charge on any atom is -1.00 e. The highest BCUT2D eigenvalue weighted by Crippen LogP contribution is 2.28. The number of nitrogens with zero attached hydrogens (tertiary/aromatic N) is 2. The molecule has 3 heterocycles. The molecule has 0 spiro atoms. The van der Waals surface area contributed by atoms with E-state index in [9.17, 15) is 4.79 Å². The zero-order chi connectivity index (χ0) is 16.1. The number of hydrogen-bond donors (Lipinski definition) is 0. The topological polar surface area (TPSA) is 25.4 Å². The SMILES string of the molecule is O=c1ccc2c3c(cc[n+]2Cc2ccccc2)c2ccccc2n13.[Br-]. The van der Waals surface area contributed by atoms with Crippen molar-refractivity contribution in [3.63, 3.8) is 0 Å². The van der Waals surface area contributed by atoms with Crippen molar-refractivity contribution in [2.24, 2.45) is 0 Å². The maximum Gasteiger partial charge on any atom is 0.256 e. The molecule has 3 aromatic heterocycles. The molecular weight excluding hydrogens is 376 g/mol. The molecule has 0 radical (unpaired) electrons. The fourth-order valence-corrected chi connectivity index (χ4v) is 3.61. The summed E-state index contributed by atoms with van der Waals surface area (Å²) in [5.41, 5.74) is 4.31. The van der Waals surface area contributed by atoms with Crippen LogP contribution in [0, 0.1) is 0 Å². The van der Waals surface area contributed by atoms with Crippen LogP contribution in [0.5, 0.6) is 0 Å². The lowest BCUT2D eigenvalue weighted by molar-refractivity contribution is -0.662. The van der Waals surface area contributed by atoms with Gasteiger partial charge in [-0.15, -0.1) is 0 Å². The molecule has 0 aliphatic rings. The molecule has 0 N–H and O–H groups in total. The fourth-order valence-electron chi connectivity index (χ4n) is 3.61. The standard InChI is InChI=1S/C21H15N2O.BrH/c24-20-11-10-19-21-17(16-8-4-5-9-18(16)23(20)21)12-13-22(19)14-15-6-2-1-3-7-15;/h1-13H,14H2;1H/q+1;/p-1. The monoisotopic (exact) mass is 390 g/mol. The van der Waals surface area contributed by atoms with Crippen LogP contribution in [-0.4, -0.2) is 4.40 Å². The second-order valence-corrected chi connectivity index (χ2v) is 6.10. The maximum atomic E-state index is 12.5. The Bertz CT molecular complexity index is 1250. The van der Waals surface area contributed by atoms with Crippen molar-refractivity contribution < 1.29 is 21.5 Å². The van der Waals surface area contributed by atoms with E-state index in [0.29, 0.717) is 0 Å². The second kappa shape index (κ2) is 5.97. The molecule has 0 saturated carbocycles. The first kappa shape index (κ1) is 15.8. The molecule has 0 fully saturated rings. The summed E-state index contributed by atoms with van der Waals surface area (Å²) in [6.07, 6.45) is 2.11. The van der Waals surface area contributed by atoms with Gasteiger partial charge >= 0.3 is 0 Å². The van der Waals surface area contributed by atoms with Gasteiger partial charge in [-0.1, -0.05) is 48.5 Å². The van der Waals surface area contributed by atoms with Crippen LogP contribution in [0.2, 0.25) is 0 Å². The third-order valence-electron chi connectivity index (χ3n) is 4.69. The second-order valence-electron chi connectivity index (χ2n) is 6.10. The third kappa shape index (κ3) is 2.33. The Balaban J connectivity index is 0.00000157. The largest absolute Gasteiger partial charge is 1.00 e. The highest BCUT2D eigenvalue weighted by molar-refractivity contribution is 6.11. The highest BCUT2D eigenvalue weighted by Gasteiger charge is 2.19.